The molecule has 3 rings (SSSR count). The fraction of sp³-hybridized carbons (Fsp3) is 0.318. The predicted molar refractivity (Wildman–Crippen MR) is 109 cm³/mol. The lowest BCUT2D eigenvalue weighted by Crippen LogP contribution is -2.51. The highest BCUT2D eigenvalue weighted by atomic mass is 16.5. The van der Waals surface area contributed by atoms with Gasteiger partial charge < -0.3 is 25.2 Å². The molecule has 0 bridgehead atoms. The van der Waals surface area contributed by atoms with Crippen molar-refractivity contribution in [1.29, 1.82) is 0 Å². The van der Waals surface area contributed by atoms with E-state index in [2.05, 4.69) is 10.6 Å². The summed E-state index contributed by atoms with van der Waals surface area (Å²) >= 11 is 0. The molecule has 0 saturated carbocycles. The van der Waals surface area contributed by atoms with Crippen molar-refractivity contribution in [3.8, 4) is 11.1 Å². The second-order valence-electron chi connectivity index (χ2n) is 7.05. The lowest BCUT2D eigenvalue weighted by molar-refractivity contribution is -0.143. The Morgan fingerprint density at radius 1 is 1.00 bits per heavy atom. The number of benzene rings is 2. The summed E-state index contributed by atoms with van der Waals surface area (Å²) in [6.45, 7) is 1.39. The summed E-state index contributed by atoms with van der Waals surface area (Å²) in [5.41, 5.74) is 4.41. The number of aliphatic carboxylic acids is 1. The van der Waals surface area contributed by atoms with Crippen molar-refractivity contribution < 1.29 is 29.0 Å². The third-order valence-electron chi connectivity index (χ3n) is 5.02. The normalized spacial score (nSPS) is 14.2. The van der Waals surface area contributed by atoms with Gasteiger partial charge >= 0.3 is 12.1 Å². The molecule has 158 valence electrons. The van der Waals surface area contributed by atoms with Crippen LogP contribution in [0.4, 0.5) is 4.79 Å². The van der Waals surface area contributed by atoms with Crippen LogP contribution in [0.25, 0.3) is 11.1 Å². The summed E-state index contributed by atoms with van der Waals surface area (Å²) in [6.07, 6.45) is -0.752. The van der Waals surface area contributed by atoms with Gasteiger partial charge in [-0.1, -0.05) is 48.5 Å². The Morgan fingerprint density at radius 2 is 1.57 bits per heavy atom. The number of fused-ring (bicyclic) bond motifs is 3. The molecule has 3 N–H and O–H groups in total. The van der Waals surface area contributed by atoms with Crippen LogP contribution in [-0.4, -0.2) is 55.5 Å². The smallest absolute Gasteiger partial charge is 0.407 e. The second kappa shape index (κ2) is 9.41. The molecule has 2 atom stereocenters. The van der Waals surface area contributed by atoms with Crippen LogP contribution in [0.2, 0.25) is 0 Å². The number of carbonyl (C=O) groups is 3. The topological polar surface area (TPSA) is 114 Å². The van der Waals surface area contributed by atoms with Gasteiger partial charge in [-0.05, 0) is 29.2 Å². The molecule has 0 radical (unpaired) electrons. The van der Waals surface area contributed by atoms with E-state index in [9.17, 15) is 14.4 Å². The number of hydrogen-bond acceptors (Lipinski definition) is 5. The molecule has 8 nitrogen and oxygen atoms in total. The lowest BCUT2D eigenvalue weighted by Gasteiger charge is -2.19. The van der Waals surface area contributed by atoms with Gasteiger partial charge in [-0.15, -0.1) is 0 Å². The van der Waals surface area contributed by atoms with E-state index in [4.69, 9.17) is 14.6 Å². The zero-order valence-corrected chi connectivity index (χ0v) is 16.8. The molecule has 0 spiro atoms. The Hall–Kier alpha value is -3.39. The average molecular weight is 412 g/mol. The first kappa shape index (κ1) is 21.3. The van der Waals surface area contributed by atoms with Gasteiger partial charge in [-0.25, -0.2) is 9.59 Å². The summed E-state index contributed by atoms with van der Waals surface area (Å²) in [6, 6.07) is 13.8. The van der Waals surface area contributed by atoms with E-state index in [1.54, 1.807) is 0 Å². The van der Waals surface area contributed by atoms with E-state index >= 15 is 0 Å². The molecule has 0 aromatic heterocycles. The van der Waals surface area contributed by atoms with Crippen LogP contribution in [0.15, 0.2) is 48.5 Å². The minimum atomic E-state index is -1.22. The molecule has 0 saturated heterocycles. The Labute approximate surface area is 174 Å². The maximum atomic E-state index is 12.2. The molecule has 8 heteroatoms. The van der Waals surface area contributed by atoms with Crippen LogP contribution in [0, 0.1) is 0 Å². The molecule has 2 aromatic rings. The van der Waals surface area contributed by atoms with E-state index in [0.29, 0.717) is 0 Å². The first-order valence-corrected chi connectivity index (χ1v) is 9.56. The van der Waals surface area contributed by atoms with Gasteiger partial charge in [0, 0.05) is 13.0 Å². The van der Waals surface area contributed by atoms with Gasteiger partial charge in [0.25, 0.3) is 0 Å². The summed E-state index contributed by atoms with van der Waals surface area (Å²) in [4.78, 5) is 35.5. The fourth-order valence-electron chi connectivity index (χ4n) is 3.52. The maximum absolute atomic E-state index is 12.2. The molecule has 2 aromatic carbocycles. The number of carbonyl (C=O) groups excluding carboxylic acids is 2. The first-order chi connectivity index (χ1) is 14.4. The molecule has 1 aliphatic rings. The van der Waals surface area contributed by atoms with Crippen molar-refractivity contribution in [3.05, 3.63) is 59.7 Å². The zero-order chi connectivity index (χ0) is 21.7. The minimum absolute atomic E-state index is 0.0922. The van der Waals surface area contributed by atoms with E-state index < -0.39 is 30.1 Å². The van der Waals surface area contributed by atoms with Crippen molar-refractivity contribution in [2.24, 2.45) is 0 Å². The molecule has 0 aliphatic heterocycles. The maximum Gasteiger partial charge on any atom is 0.407 e. The number of ether oxygens (including phenoxy) is 2. The molecular formula is C22H24N2O6. The number of carboxylic acids is 1. The largest absolute Gasteiger partial charge is 0.480 e. The summed E-state index contributed by atoms with van der Waals surface area (Å²) in [5.74, 6) is -1.96. The fourth-order valence-corrected chi connectivity index (χ4v) is 3.52. The van der Waals surface area contributed by atoms with Crippen LogP contribution in [0.1, 0.15) is 24.0 Å². The zero-order valence-electron chi connectivity index (χ0n) is 16.8. The van der Waals surface area contributed by atoms with E-state index in [-0.39, 0.29) is 19.1 Å². The Morgan fingerprint density at radius 3 is 2.10 bits per heavy atom. The van der Waals surface area contributed by atoms with Crippen LogP contribution in [0.5, 0.6) is 0 Å². The van der Waals surface area contributed by atoms with Gasteiger partial charge in [0.15, 0.2) is 6.04 Å². The Balaban J connectivity index is 1.58. The molecule has 30 heavy (non-hydrogen) atoms. The Kier molecular flexibility index (Phi) is 6.68. The summed E-state index contributed by atoms with van der Waals surface area (Å²) in [5, 5.41) is 13.8. The van der Waals surface area contributed by atoms with Crippen molar-refractivity contribution >= 4 is 18.0 Å². The monoisotopic (exact) mass is 412 g/mol. The number of nitrogens with one attached hydrogen (secondary N) is 2. The number of methoxy groups -OCH3 is 1. The minimum Gasteiger partial charge on any atom is -0.480 e. The van der Waals surface area contributed by atoms with Crippen molar-refractivity contribution in [2.45, 2.75) is 24.9 Å². The highest BCUT2D eigenvalue weighted by Crippen LogP contribution is 2.44. The second-order valence-corrected chi connectivity index (χ2v) is 7.05. The van der Waals surface area contributed by atoms with Crippen molar-refractivity contribution in [1.82, 2.24) is 10.6 Å². The number of hydrogen-bond donors (Lipinski definition) is 3. The average Bonchev–Trinajstić information content (AvgIpc) is 3.05. The van der Waals surface area contributed by atoms with Gasteiger partial charge in [-0.2, -0.15) is 0 Å². The quantitative estimate of drug-likeness (QED) is 0.612. The predicted octanol–water partition coefficient (Wildman–Crippen LogP) is 2.13. The van der Waals surface area contributed by atoms with E-state index in [0.717, 1.165) is 22.3 Å². The SMILES string of the molecule is COC[C@H](NC(=O)[C@H](C)NC(=O)OCC1c2ccccc2-c2ccccc21)C(=O)O. The molecule has 0 fully saturated rings. The van der Waals surface area contributed by atoms with Crippen LogP contribution < -0.4 is 10.6 Å². The van der Waals surface area contributed by atoms with Crippen LogP contribution >= 0.6 is 0 Å². The highest BCUT2D eigenvalue weighted by molar-refractivity contribution is 5.89. The van der Waals surface area contributed by atoms with Crippen molar-refractivity contribution in [2.75, 3.05) is 20.3 Å². The molecular weight excluding hydrogens is 388 g/mol. The summed E-state index contributed by atoms with van der Waals surface area (Å²) < 4.78 is 10.2. The van der Waals surface area contributed by atoms with Crippen LogP contribution in [0.3, 0.4) is 0 Å². The van der Waals surface area contributed by atoms with Gasteiger partial charge in [-0.3, -0.25) is 4.79 Å². The van der Waals surface area contributed by atoms with E-state index in [1.807, 2.05) is 48.5 Å². The molecule has 1 aliphatic carbocycles. The van der Waals surface area contributed by atoms with Gasteiger partial charge in [0.2, 0.25) is 5.91 Å². The number of alkyl carbamates (subject to hydrolysis) is 1. The summed E-state index contributed by atoms with van der Waals surface area (Å²) in [7, 11) is 1.33. The van der Waals surface area contributed by atoms with Gasteiger partial charge in [0.1, 0.15) is 12.6 Å². The van der Waals surface area contributed by atoms with E-state index in [1.165, 1.54) is 14.0 Å². The number of rotatable bonds is 8. The molecule has 0 unspecified atom stereocenters. The van der Waals surface area contributed by atoms with Gasteiger partial charge in [0.05, 0.1) is 6.61 Å². The first-order valence-electron chi connectivity index (χ1n) is 9.56. The third-order valence-corrected chi connectivity index (χ3v) is 5.02. The standard InChI is InChI=1S/C22H24N2O6/c1-13(20(25)24-19(12-29-2)21(26)27)23-22(28)30-11-18-16-9-5-3-7-14(16)15-8-4-6-10-17(15)18/h3-10,13,18-19H,11-12H2,1-2H3,(H,23,28)(H,24,25)(H,26,27)/t13-,19-/m0/s1. The number of carboxylic acid groups (broad SMARTS) is 1. The molecule has 0 heterocycles. The van der Waals surface area contributed by atoms with Crippen molar-refractivity contribution in [3.63, 3.8) is 0 Å². The number of amides is 2. The van der Waals surface area contributed by atoms with Crippen LogP contribution in [-0.2, 0) is 19.1 Å². The Bertz CT molecular complexity index is 899. The third kappa shape index (κ3) is 4.60. The lowest BCUT2D eigenvalue weighted by atomic mass is 9.98. The molecule has 2 amide bonds. The highest BCUT2D eigenvalue weighted by Gasteiger charge is 2.29.